The topological polar surface area (TPSA) is 68.3 Å². The highest BCUT2D eigenvalue weighted by molar-refractivity contribution is 7.86. The summed E-state index contributed by atoms with van der Waals surface area (Å²) in [4.78, 5) is 4.26. The molecule has 0 saturated heterocycles. The van der Waals surface area contributed by atoms with Gasteiger partial charge in [-0.2, -0.15) is 8.42 Å². The predicted molar refractivity (Wildman–Crippen MR) is 98.4 cm³/mol. The molecule has 0 amide bonds. The minimum atomic E-state index is -3.65. The Morgan fingerprint density at radius 1 is 1.19 bits per heavy atom. The van der Waals surface area contributed by atoms with Crippen molar-refractivity contribution in [2.24, 2.45) is 0 Å². The average molecular weight is 397 g/mol. The maximum Gasteiger partial charge on any atom is 0.307 e. The fraction of sp³-hybridized carbons (Fsp3) is 0.389. The molecule has 0 spiro atoms. The van der Waals surface area contributed by atoms with E-state index in [-0.39, 0.29) is 16.8 Å². The Bertz CT molecular complexity index is 973. The number of pyridine rings is 1. The number of anilines is 2. The first-order valence-electron chi connectivity index (χ1n) is 8.46. The minimum Gasteiger partial charge on any atom is -0.361 e. The van der Waals surface area contributed by atoms with Gasteiger partial charge in [-0.15, -0.1) is 0 Å². The van der Waals surface area contributed by atoms with E-state index in [1.54, 1.807) is 12.3 Å². The average Bonchev–Trinajstić information content (AvgIpc) is 2.60. The summed E-state index contributed by atoms with van der Waals surface area (Å²) in [6.07, 6.45) is 6.72. The molecular formula is C18H18ClFN2O3S. The van der Waals surface area contributed by atoms with Crippen molar-refractivity contribution < 1.29 is 17.0 Å². The quantitative estimate of drug-likeness (QED) is 0.758. The summed E-state index contributed by atoms with van der Waals surface area (Å²) in [7, 11) is -3.65. The predicted octanol–water partition coefficient (Wildman–Crippen LogP) is 4.71. The summed E-state index contributed by atoms with van der Waals surface area (Å²) < 4.78 is 41.8. The summed E-state index contributed by atoms with van der Waals surface area (Å²) >= 11 is 5.87. The molecule has 5 nitrogen and oxygen atoms in total. The van der Waals surface area contributed by atoms with Crippen LogP contribution in [0.5, 0.6) is 5.88 Å². The molecule has 1 saturated carbocycles. The zero-order valence-corrected chi connectivity index (χ0v) is 15.7. The van der Waals surface area contributed by atoms with Crippen molar-refractivity contribution >= 4 is 33.1 Å². The van der Waals surface area contributed by atoms with Gasteiger partial charge < -0.3 is 9.50 Å². The molecule has 0 radical (unpaired) electrons. The van der Waals surface area contributed by atoms with Crippen LogP contribution in [0.4, 0.5) is 15.8 Å². The van der Waals surface area contributed by atoms with Gasteiger partial charge in [0.15, 0.2) is 0 Å². The van der Waals surface area contributed by atoms with Crippen molar-refractivity contribution in [1.29, 1.82) is 0 Å². The lowest BCUT2D eigenvalue weighted by molar-refractivity contribution is 0.348. The Kier molecular flexibility index (Phi) is 4.31. The van der Waals surface area contributed by atoms with Crippen molar-refractivity contribution in [3.05, 3.63) is 46.4 Å². The maximum atomic E-state index is 13.4. The zero-order chi connectivity index (χ0) is 18.5. The first-order chi connectivity index (χ1) is 12.3. The molecule has 5 rings (SSSR count). The van der Waals surface area contributed by atoms with Crippen LogP contribution in [0.3, 0.4) is 0 Å². The Hall–Kier alpha value is -1.86. The van der Waals surface area contributed by atoms with Gasteiger partial charge in [0.05, 0.1) is 23.2 Å². The summed E-state index contributed by atoms with van der Waals surface area (Å²) in [6.45, 7) is 0. The van der Waals surface area contributed by atoms with Gasteiger partial charge in [0.2, 0.25) is 5.88 Å². The van der Waals surface area contributed by atoms with Crippen molar-refractivity contribution in [2.75, 3.05) is 11.6 Å². The molecule has 1 fully saturated rings. The second-order valence-corrected chi connectivity index (χ2v) is 8.88. The maximum absolute atomic E-state index is 13.4. The highest BCUT2D eigenvalue weighted by atomic mass is 35.5. The van der Waals surface area contributed by atoms with Gasteiger partial charge in [-0.1, -0.05) is 11.6 Å². The SMILES string of the molecule is CS(=O)(=O)Oc1ncc(Nc2ccc(F)c(Cl)c2)c2c1C1CCC2CC1. The molecule has 1 N–H and O–H groups in total. The largest absolute Gasteiger partial charge is 0.361 e. The number of nitrogens with one attached hydrogen (secondary N) is 1. The lowest BCUT2D eigenvalue weighted by Crippen LogP contribution is -2.25. The number of hydrogen-bond acceptors (Lipinski definition) is 5. The normalized spacial score (nSPS) is 21.3. The van der Waals surface area contributed by atoms with Gasteiger partial charge in [0.25, 0.3) is 0 Å². The van der Waals surface area contributed by atoms with Gasteiger partial charge in [0, 0.05) is 11.3 Å². The van der Waals surface area contributed by atoms with E-state index < -0.39 is 15.9 Å². The van der Waals surface area contributed by atoms with Crippen LogP contribution in [0.25, 0.3) is 0 Å². The molecule has 2 bridgehead atoms. The Balaban J connectivity index is 1.79. The monoisotopic (exact) mass is 396 g/mol. The van der Waals surface area contributed by atoms with Crippen LogP contribution in [0.2, 0.25) is 5.02 Å². The summed E-state index contributed by atoms with van der Waals surface area (Å²) in [6, 6.07) is 4.43. The molecule has 8 heteroatoms. The van der Waals surface area contributed by atoms with E-state index in [0.717, 1.165) is 48.8 Å². The van der Waals surface area contributed by atoms with Crippen molar-refractivity contribution in [3.8, 4) is 5.88 Å². The number of fused-ring (bicyclic) bond motifs is 2. The third-order valence-corrected chi connectivity index (χ3v) is 5.84. The number of hydrogen-bond donors (Lipinski definition) is 1. The number of benzene rings is 1. The minimum absolute atomic E-state index is 0.0374. The Morgan fingerprint density at radius 3 is 2.46 bits per heavy atom. The molecule has 1 aromatic heterocycles. The molecule has 3 aliphatic rings. The Labute approximate surface area is 156 Å². The third kappa shape index (κ3) is 3.25. The molecule has 0 atom stereocenters. The van der Waals surface area contributed by atoms with Crippen LogP contribution in [-0.4, -0.2) is 19.7 Å². The summed E-state index contributed by atoms with van der Waals surface area (Å²) in [5.74, 6) is 0.282. The summed E-state index contributed by atoms with van der Waals surface area (Å²) in [5.41, 5.74) is 3.38. The molecular weight excluding hydrogens is 379 g/mol. The van der Waals surface area contributed by atoms with Gasteiger partial charge in [-0.3, -0.25) is 0 Å². The molecule has 3 aliphatic carbocycles. The van der Waals surface area contributed by atoms with Crippen molar-refractivity contribution in [3.63, 3.8) is 0 Å². The molecule has 2 aromatic rings. The van der Waals surface area contributed by atoms with Gasteiger partial charge >= 0.3 is 10.1 Å². The number of aromatic nitrogens is 1. The first-order valence-corrected chi connectivity index (χ1v) is 10.7. The van der Waals surface area contributed by atoms with Gasteiger partial charge in [-0.25, -0.2) is 9.37 Å². The number of rotatable bonds is 4. The first kappa shape index (κ1) is 17.5. The van der Waals surface area contributed by atoms with E-state index in [4.69, 9.17) is 15.8 Å². The Morgan fingerprint density at radius 2 is 1.85 bits per heavy atom. The molecule has 0 aliphatic heterocycles. The van der Waals surface area contributed by atoms with E-state index in [2.05, 4.69) is 10.3 Å². The van der Waals surface area contributed by atoms with Crippen LogP contribution in [0, 0.1) is 5.82 Å². The fourth-order valence-corrected chi connectivity index (χ4v) is 4.67. The van der Waals surface area contributed by atoms with Crippen molar-refractivity contribution in [2.45, 2.75) is 37.5 Å². The van der Waals surface area contributed by atoms with Gasteiger partial charge in [0.1, 0.15) is 5.82 Å². The van der Waals surface area contributed by atoms with Crippen molar-refractivity contribution in [1.82, 2.24) is 4.98 Å². The summed E-state index contributed by atoms with van der Waals surface area (Å²) in [5, 5.41) is 3.29. The molecule has 26 heavy (non-hydrogen) atoms. The second kappa shape index (κ2) is 6.39. The lowest BCUT2D eigenvalue weighted by Gasteiger charge is -2.39. The van der Waals surface area contributed by atoms with E-state index in [0.29, 0.717) is 11.6 Å². The smallest absolute Gasteiger partial charge is 0.307 e. The second-order valence-electron chi connectivity index (χ2n) is 6.89. The van der Waals surface area contributed by atoms with Crippen LogP contribution >= 0.6 is 11.6 Å². The van der Waals surface area contributed by atoms with Crippen LogP contribution in [0.15, 0.2) is 24.4 Å². The van der Waals surface area contributed by atoms with Crippen LogP contribution < -0.4 is 9.50 Å². The van der Waals surface area contributed by atoms with E-state index in [9.17, 15) is 12.8 Å². The molecule has 0 unspecified atom stereocenters. The molecule has 1 heterocycles. The van der Waals surface area contributed by atoms with E-state index >= 15 is 0 Å². The molecule has 138 valence electrons. The zero-order valence-electron chi connectivity index (χ0n) is 14.1. The van der Waals surface area contributed by atoms with Gasteiger partial charge in [-0.05, 0) is 61.3 Å². The van der Waals surface area contributed by atoms with E-state index in [1.807, 2.05) is 0 Å². The van der Waals surface area contributed by atoms with Crippen LogP contribution in [-0.2, 0) is 10.1 Å². The van der Waals surface area contributed by atoms with Crippen LogP contribution in [0.1, 0.15) is 48.6 Å². The highest BCUT2D eigenvalue weighted by Crippen LogP contribution is 2.54. The fourth-order valence-electron chi connectivity index (χ4n) is 4.07. The molecule has 1 aromatic carbocycles. The third-order valence-electron chi connectivity index (χ3n) is 5.09. The lowest BCUT2D eigenvalue weighted by atomic mass is 9.67. The number of nitrogens with zero attached hydrogens (tertiary/aromatic N) is 1. The standard InChI is InChI=1S/C18H18ClFN2O3S/c1-26(23,24)25-18-17-11-4-2-10(3-5-11)16(17)15(9-21-18)22-12-6-7-14(20)13(19)8-12/h6-11,22H,2-5H2,1H3. The van der Waals surface area contributed by atoms with E-state index in [1.165, 1.54) is 12.1 Å². The number of halogens is 2. The highest BCUT2D eigenvalue weighted by Gasteiger charge is 2.38.